The number of amides is 1. The van der Waals surface area contributed by atoms with Crippen LogP contribution in [0.1, 0.15) is 27.9 Å². The molecule has 0 saturated heterocycles. The number of nitrogens with one attached hydrogen (secondary N) is 1. The van der Waals surface area contributed by atoms with E-state index in [1.165, 1.54) is 31.1 Å². The zero-order valence-corrected chi connectivity index (χ0v) is 22.0. The molecule has 0 radical (unpaired) electrons. The van der Waals surface area contributed by atoms with Gasteiger partial charge in [0.15, 0.2) is 11.5 Å². The fourth-order valence-electron chi connectivity index (χ4n) is 3.47. The number of hydrogen-bond donors (Lipinski definition) is 1. The van der Waals surface area contributed by atoms with Gasteiger partial charge in [-0.1, -0.05) is 18.2 Å². The van der Waals surface area contributed by atoms with E-state index in [9.17, 15) is 19.2 Å². The van der Waals surface area contributed by atoms with Gasteiger partial charge in [0.05, 0.1) is 19.9 Å². The van der Waals surface area contributed by atoms with E-state index >= 15 is 0 Å². The number of carbonyl (C=O) groups excluding carboxylic acids is 1. The summed E-state index contributed by atoms with van der Waals surface area (Å²) >= 11 is 3.43. The van der Waals surface area contributed by atoms with Crippen LogP contribution < -0.4 is 20.5 Å². The van der Waals surface area contributed by atoms with Gasteiger partial charge in [-0.25, -0.2) is 9.82 Å². The van der Waals surface area contributed by atoms with Gasteiger partial charge in [0.2, 0.25) is 0 Å². The van der Waals surface area contributed by atoms with Crippen molar-refractivity contribution < 1.29 is 23.4 Å². The minimum absolute atomic E-state index is 0.0116. The SMILES string of the molecule is COCc1cc(C)n(CC(=O)N/N=C\c2cc(OC)c(OCc3ccccc3F)cc2Br)c(=O)c1C#N. The standard InChI is InChI=1S/C26H24BrFN4O5/c1-16-8-19(14-35-2)20(11-29)26(34)32(16)13-25(33)31-30-12-18-9-23(36-3)24(10-21(18)27)37-15-17-6-4-5-7-22(17)28/h4-10,12H,13-15H2,1-3H3,(H,31,33)/b30-12-. The second kappa shape index (κ2) is 12.8. The molecule has 192 valence electrons. The lowest BCUT2D eigenvalue weighted by molar-refractivity contribution is -0.121. The van der Waals surface area contributed by atoms with Crippen LogP contribution in [0.15, 0.2) is 56.8 Å². The topological polar surface area (TPSA) is 115 Å². The summed E-state index contributed by atoms with van der Waals surface area (Å²) < 4.78 is 31.8. The van der Waals surface area contributed by atoms with E-state index in [0.29, 0.717) is 38.4 Å². The van der Waals surface area contributed by atoms with Gasteiger partial charge in [0.25, 0.3) is 11.5 Å². The number of hydrazone groups is 1. The monoisotopic (exact) mass is 570 g/mol. The van der Waals surface area contributed by atoms with Gasteiger partial charge < -0.3 is 18.8 Å². The Hall–Kier alpha value is -4.01. The number of aromatic nitrogens is 1. The first-order chi connectivity index (χ1) is 17.8. The predicted octanol–water partition coefficient (Wildman–Crippen LogP) is 3.81. The summed E-state index contributed by atoms with van der Waals surface area (Å²) in [5.74, 6) is -0.154. The first-order valence-corrected chi connectivity index (χ1v) is 11.8. The Morgan fingerprint density at radius 3 is 2.62 bits per heavy atom. The molecule has 0 aliphatic rings. The number of ether oxygens (including phenoxy) is 3. The average Bonchev–Trinajstić information content (AvgIpc) is 2.87. The quantitative estimate of drug-likeness (QED) is 0.293. The molecule has 0 bridgehead atoms. The molecule has 1 aromatic heterocycles. The molecule has 1 N–H and O–H groups in total. The molecule has 1 amide bonds. The van der Waals surface area contributed by atoms with Crippen LogP contribution in [-0.4, -0.2) is 30.9 Å². The molecule has 0 fully saturated rings. The molecule has 0 atom stereocenters. The third kappa shape index (κ3) is 6.81. The first-order valence-electron chi connectivity index (χ1n) is 11.0. The van der Waals surface area contributed by atoms with Crippen molar-refractivity contribution in [3.8, 4) is 17.6 Å². The Balaban J connectivity index is 1.70. The molecule has 0 aliphatic heterocycles. The van der Waals surface area contributed by atoms with Crippen LogP contribution in [-0.2, 0) is 29.3 Å². The van der Waals surface area contributed by atoms with Gasteiger partial charge >= 0.3 is 0 Å². The van der Waals surface area contributed by atoms with Crippen molar-refractivity contribution in [2.75, 3.05) is 14.2 Å². The third-order valence-electron chi connectivity index (χ3n) is 5.32. The second-order valence-corrected chi connectivity index (χ2v) is 8.67. The highest BCUT2D eigenvalue weighted by molar-refractivity contribution is 9.10. The molecule has 11 heteroatoms. The summed E-state index contributed by atoms with van der Waals surface area (Å²) in [5, 5.41) is 13.3. The van der Waals surface area contributed by atoms with Gasteiger partial charge in [0.1, 0.15) is 30.6 Å². The lowest BCUT2D eigenvalue weighted by Crippen LogP contribution is -2.33. The predicted molar refractivity (Wildman–Crippen MR) is 138 cm³/mol. The Kier molecular flexibility index (Phi) is 9.54. The number of nitrogens with zero attached hydrogens (tertiary/aromatic N) is 3. The maximum absolute atomic E-state index is 13.9. The van der Waals surface area contributed by atoms with E-state index in [2.05, 4.69) is 26.5 Å². The molecule has 3 rings (SSSR count). The van der Waals surface area contributed by atoms with Crippen molar-refractivity contribution in [1.82, 2.24) is 9.99 Å². The van der Waals surface area contributed by atoms with Crippen molar-refractivity contribution in [2.24, 2.45) is 5.10 Å². The van der Waals surface area contributed by atoms with Gasteiger partial charge in [-0.2, -0.15) is 10.4 Å². The molecule has 0 spiro atoms. The normalized spacial score (nSPS) is 10.8. The molecule has 9 nitrogen and oxygen atoms in total. The number of methoxy groups -OCH3 is 2. The van der Waals surface area contributed by atoms with Crippen LogP contribution in [0.2, 0.25) is 0 Å². The van der Waals surface area contributed by atoms with Gasteiger partial charge in [-0.15, -0.1) is 0 Å². The van der Waals surface area contributed by atoms with Crippen LogP contribution in [0, 0.1) is 24.1 Å². The number of hydrogen-bond acceptors (Lipinski definition) is 7. The summed E-state index contributed by atoms with van der Waals surface area (Å²) in [7, 11) is 2.93. The molecule has 2 aromatic carbocycles. The van der Waals surface area contributed by atoms with Crippen LogP contribution in [0.5, 0.6) is 11.5 Å². The minimum atomic E-state index is -0.577. The highest BCUT2D eigenvalue weighted by atomic mass is 79.9. The minimum Gasteiger partial charge on any atom is -0.493 e. The van der Waals surface area contributed by atoms with Gasteiger partial charge in [-0.05, 0) is 47.1 Å². The van der Waals surface area contributed by atoms with Crippen LogP contribution in [0.4, 0.5) is 4.39 Å². The maximum atomic E-state index is 13.9. The number of rotatable bonds is 10. The zero-order valence-electron chi connectivity index (χ0n) is 20.4. The largest absolute Gasteiger partial charge is 0.493 e. The van der Waals surface area contributed by atoms with Crippen LogP contribution in [0.3, 0.4) is 0 Å². The van der Waals surface area contributed by atoms with Crippen molar-refractivity contribution >= 4 is 28.1 Å². The second-order valence-electron chi connectivity index (χ2n) is 7.82. The van der Waals surface area contributed by atoms with Crippen LogP contribution >= 0.6 is 15.9 Å². The number of nitriles is 1. The fraction of sp³-hybridized carbons (Fsp3) is 0.231. The number of aryl methyl sites for hydroxylation is 1. The summed E-state index contributed by atoms with van der Waals surface area (Å²) in [4.78, 5) is 25.1. The number of carbonyl (C=O) groups is 1. The van der Waals surface area contributed by atoms with Gasteiger partial charge in [-0.3, -0.25) is 9.59 Å². The van der Waals surface area contributed by atoms with Crippen LogP contribution in [0.25, 0.3) is 0 Å². The molecule has 0 unspecified atom stereocenters. The van der Waals surface area contributed by atoms with E-state index in [1.807, 2.05) is 6.07 Å². The lowest BCUT2D eigenvalue weighted by Gasteiger charge is -2.13. The highest BCUT2D eigenvalue weighted by Crippen LogP contribution is 2.33. The van der Waals surface area contributed by atoms with E-state index in [-0.39, 0.29) is 31.1 Å². The molecule has 1 heterocycles. The zero-order chi connectivity index (χ0) is 26.9. The van der Waals surface area contributed by atoms with E-state index in [4.69, 9.17) is 14.2 Å². The van der Waals surface area contributed by atoms with Crippen molar-refractivity contribution in [2.45, 2.75) is 26.7 Å². The molecular formula is C26H24BrFN4O5. The highest BCUT2D eigenvalue weighted by Gasteiger charge is 2.15. The average molecular weight is 571 g/mol. The summed E-state index contributed by atoms with van der Waals surface area (Å²) in [6.07, 6.45) is 1.39. The van der Waals surface area contributed by atoms with E-state index in [1.54, 1.807) is 43.3 Å². The maximum Gasteiger partial charge on any atom is 0.269 e. The lowest BCUT2D eigenvalue weighted by atomic mass is 10.1. The Labute approximate surface area is 221 Å². The molecule has 0 saturated carbocycles. The van der Waals surface area contributed by atoms with E-state index < -0.39 is 11.5 Å². The number of pyridine rings is 1. The van der Waals surface area contributed by atoms with Crippen molar-refractivity contribution in [3.05, 3.63) is 91.1 Å². The first kappa shape index (κ1) is 27.6. The molecule has 0 aliphatic carbocycles. The Morgan fingerprint density at radius 1 is 1.19 bits per heavy atom. The Morgan fingerprint density at radius 2 is 1.95 bits per heavy atom. The summed E-state index contributed by atoms with van der Waals surface area (Å²) in [5.41, 5.74) is 3.66. The molecule has 3 aromatic rings. The van der Waals surface area contributed by atoms with Gasteiger partial charge in [0, 0.05) is 34.0 Å². The van der Waals surface area contributed by atoms with Crippen molar-refractivity contribution in [1.29, 1.82) is 5.26 Å². The number of halogens is 2. The molecular weight excluding hydrogens is 547 g/mol. The van der Waals surface area contributed by atoms with E-state index in [0.717, 1.165) is 0 Å². The summed E-state index contributed by atoms with van der Waals surface area (Å²) in [6, 6.07) is 13.1. The molecule has 37 heavy (non-hydrogen) atoms. The smallest absolute Gasteiger partial charge is 0.269 e. The number of benzene rings is 2. The summed E-state index contributed by atoms with van der Waals surface area (Å²) in [6.45, 7) is 1.47. The van der Waals surface area contributed by atoms with Crippen molar-refractivity contribution in [3.63, 3.8) is 0 Å². The third-order valence-corrected chi connectivity index (χ3v) is 6.01. The fourth-order valence-corrected chi connectivity index (χ4v) is 3.89. The Bertz CT molecular complexity index is 1430.